The topological polar surface area (TPSA) is 95.1 Å². The van der Waals surface area contributed by atoms with Crippen LogP contribution in [-0.4, -0.2) is 40.1 Å². The number of rotatable bonds is 8. The first-order valence-corrected chi connectivity index (χ1v) is 13.4. The lowest BCUT2D eigenvalue weighted by Crippen LogP contribution is -2.37. The van der Waals surface area contributed by atoms with Crippen molar-refractivity contribution in [3.05, 3.63) is 100 Å². The summed E-state index contributed by atoms with van der Waals surface area (Å²) in [6.07, 6.45) is 0.934. The van der Waals surface area contributed by atoms with Crippen molar-refractivity contribution in [1.29, 1.82) is 0 Å². The summed E-state index contributed by atoms with van der Waals surface area (Å²) in [5.41, 5.74) is 5.14. The van der Waals surface area contributed by atoms with Crippen molar-refractivity contribution in [2.75, 3.05) is 33.8 Å². The highest BCUT2D eigenvalue weighted by Gasteiger charge is 2.41. The van der Waals surface area contributed by atoms with Crippen molar-refractivity contribution in [2.24, 2.45) is 0 Å². The molecule has 0 saturated carbocycles. The number of ketones is 1. The normalized spacial score (nSPS) is 18.3. The van der Waals surface area contributed by atoms with Crippen molar-refractivity contribution >= 4 is 17.4 Å². The summed E-state index contributed by atoms with van der Waals surface area (Å²) < 4.78 is 21.5. The van der Waals surface area contributed by atoms with Gasteiger partial charge in [-0.3, -0.25) is 9.59 Å². The zero-order valence-electron chi connectivity index (χ0n) is 23.9. The molecule has 2 N–H and O–H groups in total. The highest BCUT2D eigenvalue weighted by Crippen LogP contribution is 2.46. The Hall–Kier alpha value is -4.72. The fourth-order valence-electron chi connectivity index (χ4n) is 5.68. The Kier molecular flexibility index (Phi) is 8.01. The third kappa shape index (κ3) is 5.50. The lowest BCUT2D eigenvalue weighted by atomic mass is 9.71. The second-order valence-corrected chi connectivity index (χ2v) is 10.1. The van der Waals surface area contributed by atoms with E-state index in [9.17, 15) is 9.59 Å². The number of amides is 1. The van der Waals surface area contributed by atoms with Crippen LogP contribution in [0.5, 0.6) is 23.0 Å². The van der Waals surface area contributed by atoms with Gasteiger partial charge in [0.05, 0.1) is 28.4 Å². The Morgan fingerprint density at radius 3 is 2.00 bits per heavy atom. The molecule has 8 nitrogen and oxygen atoms in total. The zero-order valence-corrected chi connectivity index (χ0v) is 23.9. The Morgan fingerprint density at radius 1 is 0.780 bits per heavy atom. The molecule has 0 fully saturated rings. The van der Waals surface area contributed by atoms with Gasteiger partial charge in [0.25, 0.3) is 5.91 Å². The van der Waals surface area contributed by atoms with Crippen molar-refractivity contribution < 1.29 is 28.5 Å². The molecule has 0 saturated heterocycles. The number of carbonyl (C=O) groups is 2. The Balaban J connectivity index is 1.53. The number of hydrogen-bond donors (Lipinski definition) is 2. The minimum atomic E-state index is -0.533. The van der Waals surface area contributed by atoms with Crippen LogP contribution >= 0.6 is 0 Å². The fraction of sp³-hybridized carbons (Fsp3) is 0.273. The number of dihydropyridines is 1. The third-order valence-corrected chi connectivity index (χ3v) is 7.75. The second-order valence-electron chi connectivity index (χ2n) is 10.1. The first-order chi connectivity index (χ1) is 19.9. The number of anilines is 1. The van der Waals surface area contributed by atoms with Crippen LogP contribution in [0.4, 0.5) is 5.69 Å². The largest absolute Gasteiger partial charge is 0.497 e. The van der Waals surface area contributed by atoms with Crippen LogP contribution in [0.25, 0.3) is 0 Å². The summed E-state index contributed by atoms with van der Waals surface area (Å²) >= 11 is 0. The molecule has 1 aliphatic carbocycles. The molecule has 0 spiro atoms. The predicted molar refractivity (Wildman–Crippen MR) is 157 cm³/mol. The summed E-state index contributed by atoms with van der Waals surface area (Å²) in [7, 11) is 6.40. The van der Waals surface area contributed by atoms with Gasteiger partial charge in [-0.05, 0) is 78.9 Å². The van der Waals surface area contributed by atoms with Crippen molar-refractivity contribution in [3.8, 4) is 23.0 Å². The molecule has 41 heavy (non-hydrogen) atoms. The van der Waals surface area contributed by atoms with Crippen molar-refractivity contribution in [3.63, 3.8) is 0 Å². The number of nitrogens with one attached hydrogen (secondary N) is 2. The Labute approximate surface area is 240 Å². The van der Waals surface area contributed by atoms with E-state index in [1.54, 1.807) is 52.7 Å². The first kappa shape index (κ1) is 27.8. The van der Waals surface area contributed by atoms with Gasteiger partial charge < -0.3 is 29.6 Å². The molecule has 1 aliphatic heterocycles. The Bertz CT molecular complexity index is 1520. The molecule has 2 aliphatic rings. The maximum absolute atomic E-state index is 14.0. The van der Waals surface area contributed by atoms with E-state index in [4.69, 9.17) is 18.9 Å². The summed E-state index contributed by atoms with van der Waals surface area (Å²) in [5.74, 6) is 1.80. The SMILES string of the molecule is COc1ccc(NC(=O)C2=C(C)NC3=C(C(=O)C[C@@H](c4ccc(OC)c(OC)c4)C3)[C@@H]2c2ccc(OC)cc2)cc1. The molecule has 1 amide bonds. The van der Waals surface area contributed by atoms with E-state index in [1.807, 2.05) is 49.4 Å². The summed E-state index contributed by atoms with van der Waals surface area (Å²) in [5, 5.41) is 6.44. The van der Waals surface area contributed by atoms with Gasteiger partial charge in [0.1, 0.15) is 11.5 Å². The summed E-state index contributed by atoms with van der Waals surface area (Å²) in [6, 6.07) is 20.5. The molecule has 0 unspecified atom stereocenters. The van der Waals surface area contributed by atoms with Crippen LogP contribution < -0.4 is 29.6 Å². The van der Waals surface area contributed by atoms with Gasteiger partial charge in [-0.1, -0.05) is 18.2 Å². The first-order valence-electron chi connectivity index (χ1n) is 13.4. The molecule has 8 heteroatoms. The van der Waals surface area contributed by atoms with E-state index in [2.05, 4.69) is 10.6 Å². The maximum atomic E-state index is 14.0. The van der Waals surface area contributed by atoms with E-state index >= 15 is 0 Å². The molecular weight excluding hydrogens is 520 g/mol. The standard InChI is InChI=1S/C33H34N2O6/c1-19-30(33(37)35-23-9-13-25(39-3)14-10-23)31(20-6-11-24(38-2)12-7-20)32-26(34-19)16-22(17-27(32)36)21-8-15-28(40-4)29(18-21)41-5/h6-15,18,22,31,34H,16-17H2,1-5H3,(H,35,37)/t22-,31+/m0/s1. The average molecular weight is 555 g/mol. The number of ether oxygens (including phenoxy) is 4. The number of hydrogen-bond acceptors (Lipinski definition) is 7. The summed E-state index contributed by atoms with van der Waals surface area (Å²) in [6.45, 7) is 1.88. The smallest absolute Gasteiger partial charge is 0.254 e. The number of methoxy groups -OCH3 is 4. The quantitative estimate of drug-likeness (QED) is 0.368. The van der Waals surface area contributed by atoms with E-state index in [-0.39, 0.29) is 17.6 Å². The lowest BCUT2D eigenvalue weighted by molar-refractivity contribution is -0.116. The molecule has 2 atom stereocenters. The van der Waals surface area contributed by atoms with Crippen LogP contribution in [0, 0.1) is 0 Å². The van der Waals surface area contributed by atoms with E-state index in [0.717, 1.165) is 16.8 Å². The van der Waals surface area contributed by atoms with Gasteiger partial charge in [0.2, 0.25) is 0 Å². The second kappa shape index (κ2) is 11.8. The van der Waals surface area contributed by atoms with E-state index in [0.29, 0.717) is 58.4 Å². The molecule has 1 heterocycles. The minimum Gasteiger partial charge on any atom is -0.497 e. The maximum Gasteiger partial charge on any atom is 0.254 e. The van der Waals surface area contributed by atoms with Crippen molar-refractivity contribution in [1.82, 2.24) is 5.32 Å². The molecule has 0 aromatic heterocycles. The monoisotopic (exact) mass is 554 g/mol. The Morgan fingerprint density at radius 2 is 1.39 bits per heavy atom. The molecule has 5 rings (SSSR count). The summed E-state index contributed by atoms with van der Waals surface area (Å²) in [4.78, 5) is 27.8. The van der Waals surface area contributed by atoms with Crippen LogP contribution in [0.2, 0.25) is 0 Å². The lowest BCUT2D eigenvalue weighted by Gasteiger charge is -2.37. The molecule has 3 aromatic rings. The molecule has 0 radical (unpaired) electrons. The van der Waals surface area contributed by atoms with Crippen molar-refractivity contribution in [2.45, 2.75) is 31.6 Å². The third-order valence-electron chi connectivity index (χ3n) is 7.75. The van der Waals surface area contributed by atoms with E-state index < -0.39 is 5.92 Å². The number of carbonyl (C=O) groups excluding carboxylic acids is 2. The van der Waals surface area contributed by atoms with Gasteiger partial charge in [-0.2, -0.15) is 0 Å². The molecule has 0 bridgehead atoms. The number of benzene rings is 3. The predicted octanol–water partition coefficient (Wildman–Crippen LogP) is 5.72. The zero-order chi connectivity index (χ0) is 29.1. The van der Waals surface area contributed by atoms with Crippen LogP contribution in [-0.2, 0) is 9.59 Å². The van der Waals surface area contributed by atoms with Crippen LogP contribution in [0.3, 0.4) is 0 Å². The molecule has 3 aromatic carbocycles. The van der Waals surface area contributed by atoms with E-state index in [1.165, 1.54) is 0 Å². The fourth-order valence-corrected chi connectivity index (χ4v) is 5.68. The molecule has 212 valence electrons. The number of allylic oxidation sites excluding steroid dienone is 3. The highest BCUT2D eigenvalue weighted by atomic mass is 16.5. The van der Waals surface area contributed by atoms with Crippen LogP contribution in [0.1, 0.15) is 42.7 Å². The van der Waals surface area contributed by atoms with Gasteiger partial charge in [0, 0.05) is 40.6 Å². The highest BCUT2D eigenvalue weighted by molar-refractivity contribution is 6.10. The average Bonchev–Trinajstić information content (AvgIpc) is 3.00. The minimum absolute atomic E-state index is 0.00148. The van der Waals surface area contributed by atoms with Gasteiger partial charge in [-0.25, -0.2) is 0 Å². The molecular formula is C33H34N2O6. The van der Waals surface area contributed by atoms with Gasteiger partial charge in [0.15, 0.2) is 17.3 Å². The number of Topliss-reactive ketones (excluding diaryl/α,β-unsaturated/α-hetero) is 1. The van der Waals surface area contributed by atoms with Gasteiger partial charge >= 0.3 is 0 Å². The van der Waals surface area contributed by atoms with Crippen LogP contribution in [0.15, 0.2) is 89.3 Å². The van der Waals surface area contributed by atoms with Gasteiger partial charge in [-0.15, -0.1) is 0 Å².